The van der Waals surface area contributed by atoms with E-state index in [0.717, 1.165) is 24.0 Å². The Bertz CT molecular complexity index is 1190. The minimum Gasteiger partial charge on any atom is -0.496 e. The number of ether oxygens (including phenoxy) is 3. The fourth-order valence-corrected chi connectivity index (χ4v) is 5.76. The third-order valence-electron chi connectivity index (χ3n) is 7.53. The van der Waals surface area contributed by atoms with E-state index < -0.39 is 6.04 Å². The molecule has 2 aromatic rings. The molecule has 0 unspecified atom stereocenters. The number of halogens is 1. The molecule has 1 aromatic heterocycles. The molecule has 5 rings (SSSR count). The fraction of sp³-hybridized carbons (Fsp3) is 0.464. The Labute approximate surface area is 216 Å². The molecule has 0 radical (unpaired) electrons. The van der Waals surface area contributed by atoms with Gasteiger partial charge in [0.2, 0.25) is 0 Å². The van der Waals surface area contributed by atoms with E-state index in [4.69, 9.17) is 25.8 Å². The molecule has 36 heavy (non-hydrogen) atoms. The smallest absolute Gasteiger partial charge is 0.290 e. The highest BCUT2D eigenvalue weighted by Gasteiger charge is 2.43. The van der Waals surface area contributed by atoms with Crippen LogP contribution in [0.5, 0.6) is 17.2 Å². The van der Waals surface area contributed by atoms with E-state index in [1.807, 2.05) is 6.07 Å². The van der Waals surface area contributed by atoms with E-state index in [1.54, 1.807) is 43.5 Å². The van der Waals surface area contributed by atoms with Crippen molar-refractivity contribution < 1.29 is 23.8 Å². The number of rotatable bonds is 8. The van der Waals surface area contributed by atoms with Crippen molar-refractivity contribution in [1.29, 1.82) is 0 Å². The van der Waals surface area contributed by atoms with E-state index in [9.17, 15) is 9.59 Å². The van der Waals surface area contributed by atoms with Gasteiger partial charge in [-0.1, -0.05) is 43.7 Å². The second-order valence-corrected chi connectivity index (χ2v) is 10.2. The monoisotopic (exact) mass is 510 g/mol. The molecule has 1 amide bonds. The average Bonchev–Trinajstić information content (AvgIpc) is 3.22. The number of hydrogen-bond donors (Lipinski definition) is 0. The van der Waals surface area contributed by atoms with Crippen LogP contribution in [0.2, 0.25) is 5.02 Å². The Morgan fingerprint density at radius 2 is 1.89 bits per heavy atom. The Morgan fingerprint density at radius 3 is 2.58 bits per heavy atom. The molecule has 1 aromatic carbocycles. The zero-order valence-electron chi connectivity index (χ0n) is 20.7. The second-order valence-electron chi connectivity index (χ2n) is 9.79. The molecule has 1 atom stereocenters. The Balaban J connectivity index is 1.41. The van der Waals surface area contributed by atoms with Gasteiger partial charge in [0.25, 0.3) is 5.91 Å². The van der Waals surface area contributed by atoms with Gasteiger partial charge in [-0.3, -0.25) is 14.6 Å². The molecule has 2 aliphatic heterocycles. The SMILES string of the molecule is COc1ccc(OC)c2c1CC1=C(O2)C(=O)N([C@@H](CC2CCCCC2)C(=O)Cc2ccc(Cl)cn2)C1. The second kappa shape index (κ2) is 10.5. The van der Waals surface area contributed by atoms with Gasteiger partial charge in [0.1, 0.15) is 5.75 Å². The minimum absolute atomic E-state index is 0.00346. The average molecular weight is 511 g/mol. The first-order chi connectivity index (χ1) is 17.5. The van der Waals surface area contributed by atoms with Crippen molar-refractivity contribution >= 4 is 23.3 Å². The summed E-state index contributed by atoms with van der Waals surface area (Å²) in [6.07, 6.45) is 8.64. The lowest BCUT2D eigenvalue weighted by atomic mass is 9.83. The third-order valence-corrected chi connectivity index (χ3v) is 7.75. The van der Waals surface area contributed by atoms with Gasteiger partial charge in [0.15, 0.2) is 23.0 Å². The minimum atomic E-state index is -0.529. The largest absolute Gasteiger partial charge is 0.496 e. The molecule has 0 spiro atoms. The Morgan fingerprint density at radius 1 is 1.14 bits per heavy atom. The molecule has 0 bridgehead atoms. The first-order valence-corrected chi connectivity index (χ1v) is 12.9. The molecule has 0 N–H and O–H groups in total. The predicted octanol–water partition coefficient (Wildman–Crippen LogP) is 4.93. The van der Waals surface area contributed by atoms with Crippen molar-refractivity contribution in [3.63, 3.8) is 0 Å². The van der Waals surface area contributed by atoms with Gasteiger partial charge < -0.3 is 19.1 Å². The fourth-order valence-electron chi connectivity index (χ4n) is 5.65. The summed E-state index contributed by atoms with van der Waals surface area (Å²) in [6, 6.07) is 6.59. The molecule has 1 saturated carbocycles. The van der Waals surface area contributed by atoms with Crippen LogP contribution in [0.25, 0.3) is 0 Å². The molecular formula is C28H31ClN2O5. The normalized spacial score (nSPS) is 18.4. The van der Waals surface area contributed by atoms with Gasteiger partial charge in [-0.05, 0) is 36.6 Å². The van der Waals surface area contributed by atoms with Crippen LogP contribution in [0.3, 0.4) is 0 Å². The Kier molecular flexibility index (Phi) is 7.19. The number of pyridine rings is 1. The lowest BCUT2D eigenvalue weighted by molar-refractivity contribution is -0.136. The highest BCUT2D eigenvalue weighted by Crippen LogP contribution is 2.45. The number of methoxy groups -OCH3 is 2. The predicted molar refractivity (Wildman–Crippen MR) is 136 cm³/mol. The Hall–Kier alpha value is -3.06. The summed E-state index contributed by atoms with van der Waals surface area (Å²) in [5, 5.41) is 0.527. The van der Waals surface area contributed by atoms with Crippen molar-refractivity contribution in [3.8, 4) is 17.2 Å². The van der Waals surface area contributed by atoms with Crippen LogP contribution in [0.4, 0.5) is 0 Å². The van der Waals surface area contributed by atoms with E-state index in [2.05, 4.69) is 4.98 Å². The highest BCUT2D eigenvalue weighted by atomic mass is 35.5. The first kappa shape index (κ1) is 24.6. The van der Waals surface area contributed by atoms with E-state index >= 15 is 0 Å². The van der Waals surface area contributed by atoms with Crippen molar-refractivity contribution in [1.82, 2.24) is 9.88 Å². The van der Waals surface area contributed by atoms with Crippen LogP contribution in [0.1, 0.15) is 49.8 Å². The van der Waals surface area contributed by atoms with Gasteiger partial charge in [0, 0.05) is 36.0 Å². The van der Waals surface area contributed by atoms with Crippen molar-refractivity contribution in [3.05, 3.63) is 58.1 Å². The molecule has 8 heteroatoms. The lowest BCUT2D eigenvalue weighted by Crippen LogP contribution is -2.45. The highest BCUT2D eigenvalue weighted by molar-refractivity contribution is 6.30. The summed E-state index contributed by atoms with van der Waals surface area (Å²) in [4.78, 5) is 33.4. The number of hydrogen-bond acceptors (Lipinski definition) is 6. The summed E-state index contributed by atoms with van der Waals surface area (Å²) in [7, 11) is 3.18. The number of benzene rings is 1. The maximum absolute atomic E-state index is 13.7. The van der Waals surface area contributed by atoms with Crippen LogP contribution in [0.15, 0.2) is 41.8 Å². The lowest BCUT2D eigenvalue weighted by Gasteiger charge is -2.32. The van der Waals surface area contributed by atoms with Crippen LogP contribution in [-0.4, -0.2) is 48.4 Å². The van der Waals surface area contributed by atoms with E-state index in [-0.39, 0.29) is 18.1 Å². The van der Waals surface area contributed by atoms with Gasteiger partial charge in [-0.2, -0.15) is 0 Å². The molecule has 3 heterocycles. The van der Waals surface area contributed by atoms with Crippen molar-refractivity contribution in [2.45, 2.75) is 57.4 Å². The molecule has 1 aliphatic carbocycles. The van der Waals surface area contributed by atoms with Gasteiger partial charge in [-0.15, -0.1) is 0 Å². The topological polar surface area (TPSA) is 78.0 Å². The number of aromatic nitrogens is 1. The molecule has 0 saturated heterocycles. The number of ketones is 1. The summed E-state index contributed by atoms with van der Waals surface area (Å²) < 4.78 is 17.2. The van der Waals surface area contributed by atoms with Crippen molar-refractivity contribution in [2.24, 2.45) is 5.92 Å². The number of amides is 1. The molecule has 7 nitrogen and oxygen atoms in total. The maximum Gasteiger partial charge on any atom is 0.290 e. The summed E-state index contributed by atoms with van der Waals surface area (Å²) in [5.41, 5.74) is 2.37. The van der Waals surface area contributed by atoms with Crippen LogP contribution in [-0.2, 0) is 22.4 Å². The number of fused-ring (bicyclic) bond motifs is 1. The van der Waals surface area contributed by atoms with Crippen molar-refractivity contribution in [2.75, 3.05) is 20.8 Å². The number of Topliss-reactive ketones (excluding diaryl/α,β-unsaturated/α-hetero) is 1. The number of carbonyl (C=O) groups is 2. The molecule has 190 valence electrons. The first-order valence-electron chi connectivity index (χ1n) is 12.6. The summed E-state index contributed by atoms with van der Waals surface area (Å²) >= 11 is 5.98. The number of carbonyl (C=O) groups excluding carboxylic acids is 2. The maximum atomic E-state index is 13.7. The zero-order chi connectivity index (χ0) is 25.2. The molecule has 1 fully saturated rings. The van der Waals surface area contributed by atoms with E-state index in [1.165, 1.54) is 19.3 Å². The standard InChI is InChI=1S/C28H31ClN2O5/c1-34-24-10-11-25(35-2)27-21(24)13-18-16-31(28(33)26(18)36-27)22(12-17-6-4-3-5-7-17)23(32)14-20-9-8-19(29)15-30-20/h8-11,15,17,22H,3-7,12-14,16H2,1-2H3/t22-/m0/s1. The third kappa shape index (κ3) is 4.81. The van der Waals surface area contributed by atoms with Gasteiger partial charge in [0.05, 0.1) is 31.7 Å². The quantitative estimate of drug-likeness (QED) is 0.501. The summed E-state index contributed by atoms with van der Waals surface area (Å²) in [5.74, 6) is 2.23. The summed E-state index contributed by atoms with van der Waals surface area (Å²) in [6.45, 7) is 0.366. The number of nitrogens with zero attached hydrogens (tertiary/aromatic N) is 2. The zero-order valence-corrected chi connectivity index (χ0v) is 21.5. The van der Waals surface area contributed by atoms with E-state index in [0.29, 0.717) is 59.0 Å². The van der Waals surface area contributed by atoms with Gasteiger partial charge >= 0.3 is 0 Å². The molecular weight excluding hydrogens is 480 g/mol. The van der Waals surface area contributed by atoms with Crippen LogP contribution in [0, 0.1) is 5.92 Å². The van der Waals surface area contributed by atoms with Gasteiger partial charge in [-0.25, -0.2) is 0 Å². The van der Waals surface area contributed by atoms with Crippen LogP contribution < -0.4 is 14.2 Å². The molecule has 3 aliphatic rings. The van der Waals surface area contributed by atoms with Crippen LogP contribution >= 0.6 is 11.6 Å².